The van der Waals surface area contributed by atoms with Gasteiger partial charge in [0, 0.05) is 11.0 Å². The molecule has 1 atom stereocenters. The summed E-state index contributed by atoms with van der Waals surface area (Å²) in [6.07, 6.45) is -0.965. The summed E-state index contributed by atoms with van der Waals surface area (Å²) in [5.74, 6) is -1.74. The molecule has 1 unspecified atom stereocenters. The second-order valence-electron chi connectivity index (χ2n) is 6.39. The Morgan fingerprint density at radius 3 is 2.23 bits per heavy atom. The van der Waals surface area contributed by atoms with E-state index in [4.69, 9.17) is 21.1 Å². The average molecular weight is 394 g/mol. The predicted octanol–water partition coefficient (Wildman–Crippen LogP) is -0.812. The minimum absolute atomic E-state index is 0. The molecule has 1 aromatic rings. The van der Waals surface area contributed by atoms with Gasteiger partial charge >= 0.3 is 41.6 Å². The molecule has 0 aliphatic heterocycles. The van der Waals surface area contributed by atoms with Crippen LogP contribution in [-0.2, 0) is 19.1 Å². The van der Waals surface area contributed by atoms with Gasteiger partial charge in [-0.3, -0.25) is 4.79 Å². The van der Waals surface area contributed by atoms with E-state index in [-0.39, 0.29) is 42.4 Å². The molecule has 7 nitrogen and oxygen atoms in total. The Hall–Kier alpha value is -1.28. The van der Waals surface area contributed by atoms with E-state index in [2.05, 4.69) is 5.32 Å². The minimum Gasteiger partial charge on any atom is -0.550 e. The van der Waals surface area contributed by atoms with Crippen LogP contribution in [0.3, 0.4) is 0 Å². The van der Waals surface area contributed by atoms with Gasteiger partial charge in [-0.05, 0) is 51.3 Å². The van der Waals surface area contributed by atoms with Gasteiger partial charge in [-0.1, -0.05) is 23.7 Å². The number of rotatable bonds is 7. The van der Waals surface area contributed by atoms with E-state index >= 15 is 0 Å². The van der Waals surface area contributed by atoms with Crippen LogP contribution in [0.4, 0.5) is 4.79 Å². The average Bonchev–Trinajstić information content (AvgIpc) is 2.51. The molecular weight excluding hydrogens is 373 g/mol. The summed E-state index contributed by atoms with van der Waals surface area (Å²) in [7, 11) is 0. The van der Waals surface area contributed by atoms with Crippen LogP contribution in [-0.4, -0.2) is 24.8 Å². The van der Waals surface area contributed by atoms with Crippen LogP contribution < -0.4 is 40.0 Å². The van der Waals surface area contributed by atoms with Crippen molar-refractivity contribution in [1.82, 2.24) is 5.32 Å². The van der Waals surface area contributed by atoms with Crippen LogP contribution in [0.5, 0.6) is 0 Å². The van der Waals surface area contributed by atoms with Crippen molar-refractivity contribution in [2.45, 2.75) is 39.7 Å². The van der Waals surface area contributed by atoms with Crippen LogP contribution in [0.2, 0.25) is 5.02 Å². The van der Waals surface area contributed by atoms with E-state index in [1.54, 1.807) is 45.0 Å². The summed E-state index contributed by atoms with van der Waals surface area (Å²) in [4.78, 5) is 34.1. The van der Waals surface area contributed by atoms with Gasteiger partial charge in [0.25, 0.3) is 0 Å². The van der Waals surface area contributed by atoms with Crippen LogP contribution in [0.1, 0.15) is 45.2 Å². The first-order valence-corrected chi connectivity index (χ1v) is 8.03. The molecule has 0 saturated heterocycles. The molecule has 9 heteroatoms. The molecule has 0 spiro atoms. The number of benzene rings is 1. The molecule has 1 amide bonds. The van der Waals surface area contributed by atoms with Crippen molar-refractivity contribution in [2.24, 2.45) is 5.41 Å². The number of carboxylic acids is 1. The molecule has 0 bridgehead atoms. The van der Waals surface area contributed by atoms with Crippen molar-refractivity contribution in [3.8, 4) is 0 Å². The summed E-state index contributed by atoms with van der Waals surface area (Å²) in [6.45, 7) is 4.49. The molecule has 0 radical (unpaired) electrons. The van der Waals surface area contributed by atoms with E-state index < -0.39 is 36.3 Å². The molecule has 0 aliphatic carbocycles. The molecule has 0 fully saturated rings. The Labute approximate surface area is 179 Å². The van der Waals surface area contributed by atoms with Gasteiger partial charge in [0.05, 0.1) is 11.5 Å². The quantitative estimate of drug-likeness (QED) is 0.369. The van der Waals surface area contributed by atoms with Crippen molar-refractivity contribution in [1.29, 1.82) is 0 Å². The third-order valence-corrected chi connectivity index (χ3v) is 3.45. The molecule has 0 aliphatic rings. The smallest absolute Gasteiger partial charge is 0.550 e. The summed E-state index contributed by atoms with van der Waals surface area (Å²) in [5, 5.41) is 13.7. The number of hydrogen-bond donors (Lipinski definition) is 1. The number of nitrogens with one attached hydrogen (secondary N) is 1. The van der Waals surface area contributed by atoms with Gasteiger partial charge in [0.15, 0.2) is 0 Å². The Kier molecular flexibility index (Phi) is 10.9. The molecule has 26 heavy (non-hydrogen) atoms. The number of carbonyl (C=O) groups is 3. The fourth-order valence-corrected chi connectivity index (χ4v) is 1.94. The first kappa shape index (κ1) is 24.7. The second kappa shape index (κ2) is 11.4. The maximum atomic E-state index is 11.9. The van der Waals surface area contributed by atoms with E-state index in [1.165, 1.54) is 0 Å². The van der Waals surface area contributed by atoms with Gasteiger partial charge in [-0.2, -0.15) is 0 Å². The summed E-state index contributed by atoms with van der Waals surface area (Å²) < 4.78 is 9.64. The number of alkyl carbamates (subject to hydrolysis) is 1. The topological polar surface area (TPSA) is 105 Å². The Morgan fingerprint density at radius 2 is 1.73 bits per heavy atom. The summed E-state index contributed by atoms with van der Waals surface area (Å²) >= 11 is 5.82. The number of aliphatic carboxylic acids is 1. The molecule has 1 N–H and O–H groups in total. The number of hydrogen-bond acceptors (Lipinski definition) is 6. The maximum Gasteiger partial charge on any atom is 1.00 e. The van der Waals surface area contributed by atoms with Crippen molar-refractivity contribution >= 4 is 29.6 Å². The molecule has 138 valence electrons. The third kappa shape index (κ3) is 9.43. The largest absolute Gasteiger partial charge is 1.00 e. The monoisotopic (exact) mass is 393 g/mol. The number of halogens is 1. The Morgan fingerprint density at radius 1 is 1.15 bits per heavy atom. The molecular formula is C17H21ClNNaO6. The molecule has 1 aromatic carbocycles. The zero-order chi connectivity index (χ0) is 19.0. The Bertz CT molecular complexity index is 615. The first-order chi connectivity index (χ1) is 11.6. The minimum atomic E-state index is -1.23. The maximum absolute atomic E-state index is 11.9. The summed E-state index contributed by atoms with van der Waals surface area (Å²) in [5.41, 5.74) is -0.0468. The predicted molar refractivity (Wildman–Crippen MR) is 88.5 cm³/mol. The number of carbonyl (C=O) groups excluding carboxylic acids is 3. The normalized spacial score (nSPS) is 11.7. The fourth-order valence-electron chi connectivity index (χ4n) is 1.82. The number of carboxylic acid groups (broad SMARTS) is 1. The molecule has 0 heterocycles. The van der Waals surface area contributed by atoms with Gasteiger partial charge < -0.3 is 24.7 Å². The molecule has 0 saturated carbocycles. The number of ether oxygens (including phenoxy) is 2. The van der Waals surface area contributed by atoms with Crippen molar-refractivity contribution < 1.29 is 58.5 Å². The number of esters is 1. The van der Waals surface area contributed by atoms with Crippen molar-refractivity contribution in [2.75, 3.05) is 6.79 Å². The number of amides is 1. The van der Waals surface area contributed by atoms with E-state index in [9.17, 15) is 19.5 Å². The third-order valence-electron chi connectivity index (χ3n) is 3.19. The van der Waals surface area contributed by atoms with Crippen LogP contribution in [0.15, 0.2) is 24.3 Å². The zero-order valence-corrected chi connectivity index (χ0v) is 18.1. The van der Waals surface area contributed by atoms with Crippen molar-refractivity contribution in [3.05, 3.63) is 34.9 Å². The summed E-state index contributed by atoms with van der Waals surface area (Å²) in [6, 6.07) is 5.98. The van der Waals surface area contributed by atoms with Crippen LogP contribution in [0, 0.1) is 5.41 Å². The van der Waals surface area contributed by atoms with Crippen molar-refractivity contribution in [3.63, 3.8) is 0 Å². The van der Waals surface area contributed by atoms with Crippen LogP contribution in [0.25, 0.3) is 0 Å². The van der Waals surface area contributed by atoms with Gasteiger partial charge in [0.1, 0.15) is 0 Å². The van der Waals surface area contributed by atoms with Gasteiger partial charge in [-0.15, -0.1) is 0 Å². The first-order valence-electron chi connectivity index (χ1n) is 7.65. The van der Waals surface area contributed by atoms with Crippen LogP contribution >= 0.6 is 11.6 Å². The second-order valence-corrected chi connectivity index (χ2v) is 6.83. The van der Waals surface area contributed by atoms with E-state index in [0.29, 0.717) is 10.6 Å². The zero-order valence-electron chi connectivity index (χ0n) is 15.3. The molecule has 1 rings (SSSR count). The SMILES string of the molecule is CC(C)(C)C(=O)OCOC(=O)NC(CCC(=O)[O-])c1ccc(Cl)cc1.[Na+]. The van der Waals surface area contributed by atoms with Gasteiger partial charge in [0.2, 0.25) is 6.79 Å². The molecule has 0 aromatic heterocycles. The Balaban J connectivity index is 0.00000625. The fraction of sp³-hybridized carbons (Fsp3) is 0.471. The van der Waals surface area contributed by atoms with Gasteiger partial charge in [-0.25, -0.2) is 4.79 Å². The standard InChI is InChI=1S/C17H22ClNO6.Na/c1-17(2,3)15(22)24-10-25-16(23)19-13(8-9-14(20)21)11-4-6-12(18)7-5-11;/h4-7,13H,8-10H2,1-3H3,(H,19,23)(H,20,21);/q;+1/p-1. The van der Waals surface area contributed by atoms with E-state index in [1.807, 2.05) is 0 Å². The van der Waals surface area contributed by atoms with E-state index in [0.717, 1.165) is 0 Å².